The van der Waals surface area contributed by atoms with E-state index in [9.17, 15) is 4.79 Å². The number of nitrogens with two attached hydrogens (primary N) is 1. The van der Waals surface area contributed by atoms with Crippen molar-refractivity contribution < 1.29 is 9.53 Å². The van der Waals surface area contributed by atoms with Crippen LogP contribution in [0.25, 0.3) is 0 Å². The van der Waals surface area contributed by atoms with Crippen molar-refractivity contribution in [1.82, 2.24) is 5.32 Å². The van der Waals surface area contributed by atoms with Crippen LogP contribution in [0.1, 0.15) is 50.5 Å². The first kappa shape index (κ1) is 17.9. The summed E-state index contributed by atoms with van der Waals surface area (Å²) in [5, 5.41) is 3.19. The molecular formula is C19H27BrN2O2. The Morgan fingerprint density at radius 1 is 1.08 bits per heavy atom. The van der Waals surface area contributed by atoms with E-state index in [1.165, 1.54) is 24.8 Å². The summed E-state index contributed by atoms with van der Waals surface area (Å²) in [6, 6.07) is 8.56. The van der Waals surface area contributed by atoms with Crippen molar-refractivity contribution in [2.24, 2.45) is 5.73 Å². The highest BCUT2D eigenvalue weighted by atomic mass is 79.9. The van der Waals surface area contributed by atoms with E-state index in [-0.39, 0.29) is 11.3 Å². The van der Waals surface area contributed by atoms with Crippen molar-refractivity contribution in [3.8, 4) is 0 Å². The summed E-state index contributed by atoms with van der Waals surface area (Å²) in [6.45, 7) is 1.82. The molecule has 1 aromatic rings. The molecule has 3 rings (SSSR count). The Balaban J connectivity index is 1.73. The van der Waals surface area contributed by atoms with Gasteiger partial charge in [0.1, 0.15) is 0 Å². The summed E-state index contributed by atoms with van der Waals surface area (Å²) >= 11 is 3.51. The van der Waals surface area contributed by atoms with E-state index >= 15 is 0 Å². The molecule has 1 aliphatic heterocycles. The summed E-state index contributed by atoms with van der Waals surface area (Å²) < 4.78 is 6.43. The van der Waals surface area contributed by atoms with Crippen LogP contribution in [0, 0.1) is 0 Å². The average molecular weight is 395 g/mol. The first-order chi connectivity index (χ1) is 11.5. The van der Waals surface area contributed by atoms with Gasteiger partial charge in [0.15, 0.2) is 0 Å². The lowest BCUT2D eigenvalue weighted by atomic mass is 9.69. The van der Waals surface area contributed by atoms with Gasteiger partial charge in [-0.3, -0.25) is 4.79 Å². The summed E-state index contributed by atoms with van der Waals surface area (Å²) in [5.41, 5.74) is 6.91. The number of benzene rings is 1. The second kappa shape index (κ2) is 7.54. The first-order valence-electron chi connectivity index (χ1n) is 8.95. The van der Waals surface area contributed by atoms with Gasteiger partial charge in [-0.25, -0.2) is 0 Å². The molecule has 24 heavy (non-hydrogen) atoms. The number of hydrogen-bond donors (Lipinski definition) is 2. The Kier molecular flexibility index (Phi) is 5.63. The molecule has 1 heterocycles. The van der Waals surface area contributed by atoms with Gasteiger partial charge in [0.05, 0.1) is 5.54 Å². The minimum absolute atomic E-state index is 0.0205. The van der Waals surface area contributed by atoms with E-state index in [2.05, 4.69) is 45.5 Å². The lowest BCUT2D eigenvalue weighted by molar-refractivity contribution is -0.130. The Bertz CT molecular complexity index is 561. The molecule has 1 aromatic carbocycles. The van der Waals surface area contributed by atoms with Crippen LogP contribution in [0.15, 0.2) is 28.7 Å². The molecule has 0 unspecified atom stereocenters. The Labute approximate surface area is 152 Å². The lowest BCUT2D eigenvalue weighted by Crippen LogP contribution is -2.58. The normalized spacial score (nSPS) is 22.8. The Hall–Kier alpha value is -0.910. The topological polar surface area (TPSA) is 64.4 Å². The van der Waals surface area contributed by atoms with Gasteiger partial charge in [0, 0.05) is 29.6 Å². The molecule has 0 aromatic heterocycles. The van der Waals surface area contributed by atoms with Gasteiger partial charge in [-0.1, -0.05) is 47.3 Å². The molecule has 1 amide bonds. The van der Waals surface area contributed by atoms with Gasteiger partial charge < -0.3 is 15.8 Å². The molecule has 1 aliphatic carbocycles. The zero-order chi connectivity index (χ0) is 17.0. The third-order valence-corrected chi connectivity index (χ3v) is 6.22. The van der Waals surface area contributed by atoms with Crippen LogP contribution in [0.5, 0.6) is 0 Å². The van der Waals surface area contributed by atoms with E-state index in [0.29, 0.717) is 32.6 Å². The predicted molar refractivity (Wildman–Crippen MR) is 98.9 cm³/mol. The second-order valence-electron chi connectivity index (χ2n) is 7.30. The van der Waals surface area contributed by atoms with Crippen molar-refractivity contribution in [1.29, 1.82) is 0 Å². The van der Waals surface area contributed by atoms with Gasteiger partial charge >= 0.3 is 0 Å². The smallest absolute Gasteiger partial charge is 0.240 e. The number of rotatable bonds is 4. The van der Waals surface area contributed by atoms with Gasteiger partial charge in [-0.15, -0.1) is 0 Å². The fraction of sp³-hybridized carbons (Fsp3) is 0.632. The van der Waals surface area contributed by atoms with Crippen molar-refractivity contribution in [2.45, 2.75) is 55.9 Å². The average Bonchev–Trinajstić information content (AvgIpc) is 2.61. The van der Waals surface area contributed by atoms with Crippen molar-refractivity contribution in [3.05, 3.63) is 34.3 Å². The van der Waals surface area contributed by atoms with Crippen molar-refractivity contribution in [3.63, 3.8) is 0 Å². The molecule has 0 radical (unpaired) electrons. The minimum Gasteiger partial charge on any atom is -0.381 e. The largest absolute Gasteiger partial charge is 0.381 e. The number of carbonyl (C=O) groups is 1. The SMILES string of the molecule is NC1(C(=O)NCC2(c3ccc(Br)cc3)CCCCC2)CCOCC1. The molecule has 0 atom stereocenters. The van der Waals surface area contributed by atoms with E-state index in [1.54, 1.807) is 0 Å². The molecule has 2 fully saturated rings. The number of amides is 1. The summed E-state index contributed by atoms with van der Waals surface area (Å²) in [6.07, 6.45) is 7.16. The molecule has 4 nitrogen and oxygen atoms in total. The summed E-state index contributed by atoms with van der Waals surface area (Å²) in [7, 11) is 0. The van der Waals surface area contributed by atoms with Crippen molar-refractivity contribution in [2.75, 3.05) is 19.8 Å². The Morgan fingerprint density at radius 2 is 1.71 bits per heavy atom. The molecule has 3 N–H and O–H groups in total. The molecule has 0 bridgehead atoms. The van der Waals surface area contributed by atoms with Gasteiger partial charge in [0.25, 0.3) is 0 Å². The van der Waals surface area contributed by atoms with E-state index in [0.717, 1.165) is 17.3 Å². The first-order valence-corrected chi connectivity index (χ1v) is 9.74. The highest BCUT2D eigenvalue weighted by Gasteiger charge is 2.39. The van der Waals surface area contributed by atoms with Crippen LogP contribution < -0.4 is 11.1 Å². The maximum atomic E-state index is 12.7. The maximum absolute atomic E-state index is 12.7. The summed E-state index contributed by atoms with van der Waals surface area (Å²) in [5.74, 6) is -0.0205. The molecule has 1 saturated carbocycles. The molecule has 5 heteroatoms. The number of ether oxygens (including phenoxy) is 1. The van der Waals surface area contributed by atoms with Crippen LogP contribution in [-0.2, 0) is 14.9 Å². The second-order valence-corrected chi connectivity index (χ2v) is 8.21. The van der Waals surface area contributed by atoms with Gasteiger partial charge in [0.2, 0.25) is 5.91 Å². The van der Waals surface area contributed by atoms with E-state index in [1.807, 2.05) is 0 Å². The quantitative estimate of drug-likeness (QED) is 0.823. The zero-order valence-corrected chi connectivity index (χ0v) is 15.7. The zero-order valence-electron chi connectivity index (χ0n) is 14.2. The van der Waals surface area contributed by atoms with Gasteiger partial charge in [-0.2, -0.15) is 0 Å². The number of carbonyl (C=O) groups excluding carboxylic acids is 1. The number of halogens is 1. The maximum Gasteiger partial charge on any atom is 0.240 e. The Morgan fingerprint density at radius 3 is 2.33 bits per heavy atom. The monoisotopic (exact) mass is 394 g/mol. The molecule has 2 aliphatic rings. The lowest BCUT2D eigenvalue weighted by Gasteiger charge is -2.40. The third-order valence-electron chi connectivity index (χ3n) is 5.69. The number of hydrogen-bond acceptors (Lipinski definition) is 3. The van der Waals surface area contributed by atoms with Crippen molar-refractivity contribution >= 4 is 21.8 Å². The highest BCUT2D eigenvalue weighted by molar-refractivity contribution is 9.10. The highest BCUT2D eigenvalue weighted by Crippen LogP contribution is 2.39. The standard InChI is InChI=1S/C19H27BrN2O2/c20-16-6-4-15(5-7-16)18(8-2-1-3-9-18)14-22-17(23)19(21)10-12-24-13-11-19/h4-7H,1-3,8-14,21H2,(H,22,23). The van der Waals surface area contributed by atoms with Gasteiger partial charge in [-0.05, 0) is 43.4 Å². The summed E-state index contributed by atoms with van der Waals surface area (Å²) in [4.78, 5) is 12.7. The predicted octanol–water partition coefficient (Wildman–Crippen LogP) is 3.28. The van der Waals surface area contributed by atoms with E-state index in [4.69, 9.17) is 10.5 Å². The fourth-order valence-electron chi connectivity index (χ4n) is 3.99. The van der Waals surface area contributed by atoms with Crippen LogP contribution in [0.2, 0.25) is 0 Å². The molecule has 0 spiro atoms. The molecule has 132 valence electrons. The fourth-order valence-corrected chi connectivity index (χ4v) is 4.25. The van der Waals surface area contributed by atoms with E-state index < -0.39 is 5.54 Å². The number of nitrogens with one attached hydrogen (secondary N) is 1. The van der Waals surface area contributed by atoms with Crippen LogP contribution >= 0.6 is 15.9 Å². The van der Waals surface area contributed by atoms with Crippen LogP contribution in [0.3, 0.4) is 0 Å². The molecular weight excluding hydrogens is 368 g/mol. The third kappa shape index (κ3) is 3.84. The van der Waals surface area contributed by atoms with Crippen LogP contribution in [0.4, 0.5) is 0 Å². The minimum atomic E-state index is -0.770. The molecule has 1 saturated heterocycles. The van der Waals surface area contributed by atoms with Crippen LogP contribution in [-0.4, -0.2) is 31.2 Å².